The summed E-state index contributed by atoms with van der Waals surface area (Å²) in [5.41, 5.74) is -1.39. The number of halogens is 4. The van der Waals surface area contributed by atoms with E-state index in [1.54, 1.807) is 0 Å². The summed E-state index contributed by atoms with van der Waals surface area (Å²) < 4.78 is 39.1. The molecule has 0 fully saturated rings. The number of alkyl halides is 3. The van der Waals surface area contributed by atoms with Crippen LogP contribution in [0.25, 0.3) is 17.2 Å². The van der Waals surface area contributed by atoms with E-state index in [-0.39, 0.29) is 27.9 Å². The first kappa shape index (κ1) is 15.2. The molecular weight excluding hydrogens is 339 g/mol. The first-order chi connectivity index (χ1) is 10.8. The Kier molecular flexibility index (Phi) is 3.40. The molecule has 0 unspecified atom stereocenters. The average molecular weight is 344 g/mol. The lowest BCUT2D eigenvalue weighted by Gasteiger charge is -2.10. The number of carboxylic acids is 1. The van der Waals surface area contributed by atoms with E-state index in [1.807, 2.05) is 0 Å². The van der Waals surface area contributed by atoms with E-state index < -0.39 is 17.7 Å². The third-order valence-corrected chi connectivity index (χ3v) is 3.17. The summed E-state index contributed by atoms with van der Waals surface area (Å²) in [4.78, 5) is 22.3. The molecule has 0 spiro atoms. The van der Waals surface area contributed by atoms with Gasteiger partial charge < -0.3 is 5.11 Å². The van der Waals surface area contributed by atoms with Crippen LogP contribution in [0.2, 0.25) is 5.02 Å². The second-order valence-electron chi connectivity index (χ2n) is 4.36. The third-order valence-electron chi connectivity index (χ3n) is 2.88. The van der Waals surface area contributed by atoms with Crippen molar-refractivity contribution in [3.05, 3.63) is 40.9 Å². The molecule has 0 atom stereocenters. The fourth-order valence-electron chi connectivity index (χ4n) is 1.87. The summed E-state index contributed by atoms with van der Waals surface area (Å²) in [6, 6.07) is 1.80. The van der Waals surface area contributed by atoms with Crippen LogP contribution in [0.3, 0.4) is 0 Å². The Labute approximate surface area is 130 Å². The topological polar surface area (TPSA) is 93.3 Å². The number of fused-ring (bicyclic) bond motifs is 1. The van der Waals surface area contributed by atoms with Gasteiger partial charge in [0.2, 0.25) is 0 Å². The standard InChI is InChI=1S/C12H5ClF3N5O2/c13-6-1-5(12(14,15)16)3-17-9(6)8-2-7(10(22)23)20-11-18-4-19-21(8)11/h1-4H,(H,22,23). The second-order valence-corrected chi connectivity index (χ2v) is 4.76. The Morgan fingerprint density at radius 1 is 1.26 bits per heavy atom. The molecular formula is C12H5ClF3N5O2. The molecule has 0 saturated carbocycles. The Morgan fingerprint density at radius 3 is 2.61 bits per heavy atom. The highest BCUT2D eigenvalue weighted by Gasteiger charge is 2.32. The van der Waals surface area contributed by atoms with Crippen LogP contribution in [-0.4, -0.2) is 35.6 Å². The van der Waals surface area contributed by atoms with Gasteiger partial charge in [-0.15, -0.1) is 0 Å². The fraction of sp³-hybridized carbons (Fsp3) is 0.0833. The number of rotatable bonds is 2. The van der Waals surface area contributed by atoms with E-state index in [1.165, 1.54) is 0 Å². The maximum Gasteiger partial charge on any atom is 0.417 e. The van der Waals surface area contributed by atoms with Crippen LogP contribution in [0.1, 0.15) is 16.1 Å². The van der Waals surface area contributed by atoms with Crippen LogP contribution in [0, 0.1) is 0 Å². The minimum atomic E-state index is -4.60. The monoisotopic (exact) mass is 343 g/mol. The van der Waals surface area contributed by atoms with Crippen LogP contribution in [0.5, 0.6) is 0 Å². The molecule has 118 valence electrons. The highest BCUT2D eigenvalue weighted by molar-refractivity contribution is 6.33. The van der Waals surface area contributed by atoms with Crippen LogP contribution in [0.4, 0.5) is 13.2 Å². The van der Waals surface area contributed by atoms with Crippen molar-refractivity contribution in [2.24, 2.45) is 0 Å². The summed E-state index contributed by atoms with van der Waals surface area (Å²) in [5.74, 6) is -1.38. The number of nitrogens with zero attached hydrogens (tertiary/aromatic N) is 5. The van der Waals surface area contributed by atoms with Crippen molar-refractivity contribution in [1.29, 1.82) is 0 Å². The molecule has 23 heavy (non-hydrogen) atoms. The molecule has 3 aromatic rings. The van der Waals surface area contributed by atoms with Crippen LogP contribution in [-0.2, 0) is 6.18 Å². The Bertz CT molecular complexity index is 925. The van der Waals surface area contributed by atoms with Crippen molar-refractivity contribution in [2.75, 3.05) is 0 Å². The molecule has 0 aromatic carbocycles. The van der Waals surface area contributed by atoms with Gasteiger partial charge in [0.15, 0.2) is 5.69 Å². The van der Waals surface area contributed by atoms with E-state index in [0.717, 1.165) is 16.9 Å². The van der Waals surface area contributed by atoms with Crippen molar-refractivity contribution in [2.45, 2.75) is 6.18 Å². The maximum atomic E-state index is 12.7. The lowest BCUT2D eigenvalue weighted by Crippen LogP contribution is -2.08. The number of hydrogen-bond donors (Lipinski definition) is 1. The van der Waals surface area contributed by atoms with Gasteiger partial charge >= 0.3 is 12.1 Å². The second kappa shape index (κ2) is 5.16. The highest BCUT2D eigenvalue weighted by atomic mass is 35.5. The Hall–Kier alpha value is -2.75. The lowest BCUT2D eigenvalue weighted by atomic mass is 10.2. The maximum absolute atomic E-state index is 12.7. The summed E-state index contributed by atoms with van der Waals surface area (Å²) in [6.45, 7) is 0. The summed E-state index contributed by atoms with van der Waals surface area (Å²) in [6.07, 6.45) is -2.87. The fourth-order valence-corrected chi connectivity index (χ4v) is 2.14. The van der Waals surface area contributed by atoms with Gasteiger partial charge in [-0.05, 0) is 12.1 Å². The predicted octanol–water partition coefficient (Wildman–Crippen LogP) is 2.56. The molecule has 7 nitrogen and oxygen atoms in total. The zero-order chi connectivity index (χ0) is 16.8. The van der Waals surface area contributed by atoms with Crippen molar-refractivity contribution >= 4 is 23.3 Å². The van der Waals surface area contributed by atoms with E-state index in [9.17, 15) is 18.0 Å². The van der Waals surface area contributed by atoms with E-state index in [2.05, 4.69) is 20.1 Å². The van der Waals surface area contributed by atoms with Gasteiger partial charge in [0.1, 0.15) is 12.0 Å². The quantitative estimate of drug-likeness (QED) is 0.768. The van der Waals surface area contributed by atoms with Crippen LogP contribution in [0.15, 0.2) is 24.7 Å². The molecule has 3 rings (SSSR count). The van der Waals surface area contributed by atoms with Crippen molar-refractivity contribution in [1.82, 2.24) is 24.6 Å². The zero-order valence-electron chi connectivity index (χ0n) is 10.9. The summed E-state index contributed by atoms with van der Waals surface area (Å²) >= 11 is 5.88. The van der Waals surface area contributed by atoms with Gasteiger partial charge in [-0.2, -0.15) is 27.8 Å². The molecule has 0 amide bonds. The average Bonchev–Trinajstić information content (AvgIpc) is 2.93. The first-order valence-electron chi connectivity index (χ1n) is 5.94. The normalized spacial score (nSPS) is 11.8. The van der Waals surface area contributed by atoms with Crippen molar-refractivity contribution < 1.29 is 23.1 Å². The highest BCUT2D eigenvalue weighted by Crippen LogP contribution is 2.34. The Balaban J connectivity index is 2.24. The minimum Gasteiger partial charge on any atom is -0.477 e. The first-order valence-corrected chi connectivity index (χ1v) is 6.32. The van der Waals surface area contributed by atoms with Gasteiger partial charge in [0, 0.05) is 6.20 Å². The number of aromatic nitrogens is 5. The molecule has 11 heteroatoms. The number of hydrogen-bond acceptors (Lipinski definition) is 5. The number of carboxylic acid groups (broad SMARTS) is 1. The molecule has 0 saturated heterocycles. The van der Waals surface area contributed by atoms with Crippen LogP contribution < -0.4 is 0 Å². The Morgan fingerprint density at radius 2 is 2.00 bits per heavy atom. The summed E-state index contributed by atoms with van der Waals surface area (Å²) in [5, 5.41) is 12.6. The molecule has 0 bridgehead atoms. The number of pyridine rings is 1. The predicted molar refractivity (Wildman–Crippen MR) is 71.0 cm³/mol. The molecule has 0 aliphatic carbocycles. The van der Waals surface area contributed by atoms with Gasteiger partial charge in [0.05, 0.1) is 16.3 Å². The molecule has 1 N–H and O–H groups in total. The van der Waals surface area contributed by atoms with Gasteiger partial charge in [-0.1, -0.05) is 11.6 Å². The summed E-state index contributed by atoms with van der Waals surface area (Å²) in [7, 11) is 0. The van der Waals surface area contributed by atoms with Gasteiger partial charge in [0.25, 0.3) is 5.78 Å². The molecule has 0 aliphatic rings. The third kappa shape index (κ3) is 2.68. The van der Waals surface area contributed by atoms with Crippen molar-refractivity contribution in [3.8, 4) is 11.4 Å². The van der Waals surface area contributed by atoms with Gasteiger partial charge in [-0.25, -0.2) is 9.78 Å². The zero-order valence-corrected chi connectivity index (χ0v) is 11.7. The van der Waals surface area contributed by atoms with E-state index in [0.29, 0.717) is 12.3 Å². The molecule has 3 aromatic heterocycles. The lowest BCUT2D eigenvalue weighted by molar-refractivity contribution is -0.137. The van der Waals surface area contributed by atoms with Crippen LogP contribution >= 0.6 is 11.6 Å². The van der Waals surface area contributed by atoms with E-state index >= 15 is 0 Å². The minimum absolute atomic E-state index is 0.0438. The van der Waals surface area contributed by atoms with Crippen molar-refractivity contribution in [3.63, 3.8) is 0 Å². The van der Waals surface area contributed by atoms with E-state index in [4.69, 9.17) is 16.7 Å². The molecule has 0 aliphatic heterocycles. The number of carbonyl (C=O) groups is 1. The number of aromatic carboxylic acids is 1. The molecule has 0 radical (unpaired) electrons. The largest absolute Gasteiger partial charge is 0.477 e. The molecule has 3 heterocycles. The van der Waals surface area contributed by atoms with Gasteiger partial charge in [-0.3, -0.25) is 4.98 Å². The SMILES string of the molecule is O=C(O)c1cc(-c2ncc(C(F)(F)F)cc2Cl)n2ncnc2n1. The smallest absolute Gasteiger partial charge is 0.417 e.